The van der Waals surface area contributed by atoms with E-state index in [2.05, 4.69) is 196 Å². The molecule has 0 unspecified atom stereocenters. The van der Waals surface area contributed by atoms with E-state index in [-0.39, 0.29) is 0 Å². The van der Waals surface area contributed by atoms with E-state index in [4.69, 9.17) is 0 Å². The van der Waals surface area contributed by atoms with Crippen molar-refractivity contribution in [1.29, 1.82) is 0 Å². The molecule has 7 heterocycles. The Balaban J connectivity index is 0.000000411. The minimum absolute atomic E-state index is 0.485. The zero-order valence-electron chi connectivity index (χ0n) is 46.3. The van der Waals surface area contributed by atoms with Gasteiger partial charge in [-0.25, -0.2) is 19.9 Å². The Morgan fingerprint density at radius 2 is 0.722 bits per heavy atom. The Bertz CT molecular complexity index is 1870. The molecule has 11 nitrogen and oxygen atoms in total. The molecule has 0 amide bonds. The molecular weight excluding hydrogens is 887 g/mol. The van der Waals surface area contributed by atoms with Gasteiger partial charge in [-0.15, -0.1) is 0 Å². The summed E-state index contributed by atoms with van der Waals surface area (Å²) in [5.41, 5.74) is 9.63. The zero-order chi connectivity index (χ0) is 53.5. The molecule has 0 aliphatic carbocycles. The van der Waals surface area contributed by atoms with Gasteiger partial charge in [0.05, 0.1) is 11.4 Å². The van der Waals surface area contributed by atoms with E-state index < -0.39 is 0 Å². The second-order valence-electron chi connectivity index (χ2n) is 19.1. The monoisotopic (exact) mass is 972 g/mol. The van der Waals surface area contributed by atoms with Gasteiger partial charge in [0.15, 0.2) is 0 Å². The molecule has 72 heavy (non-hydrogen) atoms. The SMILES string of the molecule is CC(C)c1ccccc1.CC(C)c1ccccn1.CC(C)c1cccnc1.CC(C)c1cccnn1.CC(C)c1ccncc1.CC(C)c1ccncn1.CC(C)c1cnccn1.CC(C)c1cncnc1. The Morgan fingerprint density at radius 3 is 1.06 bits per heavy atom. The van der Waals surface area contributed by atoms with Crippen LogP contribution in [0.15, 0.2) is 178 Å². The minimum Gasteiger partial charge on any atom is -0.265 e. The number of hydrogen-bond acceptors (Lipinski definition) is 11. The predicted octanol–water partition coefficient (Wildman–Crippen LogP) is 15.8. The number of hydrogen-bond donors (Lipinski definition) is 0. The van der Waals surface area contributed by atoms with Crippen molar-refractivity contribution in [3.63, 3.8) is 0 Å². The smallest absolute Gasteiger partial charge is 0.115 e. The Kier molecular flexibility index (Phi) is 33.9. The Morgan fingerprint density at radius 1 is 0.250 bits per heavy atom. The van der Waals surface area contributed by atoms with Crippen LogP contribution in [0.25, 0.3) is 0 Å². The lowest BCUT2D eigenvalue weighted by atomic mass is 10.0. The number of aromatic nitrogens is 11. The lowest BCUT2D eigenvalue weighted by Crippen LogP contribution is -1.92. The van der Waals surface area contributed by atoms with Crippen LogP contribution in [0.5, 0.6) is 0 Å². The van der Waals surface area contributed by atoms with E-state index >= 15 is 0 Å². The summed E-state index contributed by atoms with van der Waals surface area (Å²) in [5, 5.41) is 7.68. The third-order valence-electron chi connectivity index (χ3n) is 10.3. The van der Waals surface area contributed by atoms with Gasteiger partial charge in [-0.05, 0) is 118 Å². The first-order chi connectivity index (χ1) is 34.4. The van der Waals surface area contributed by atoms with Crippen molar-refractivity contribution >= 4 is 0 Å². The molecule has 0 bridgehead atoms. The van der Waals surface area contributed by atoms with Gasteiger partial charge in [-0.3, -0.25) is 24.9 Å². The van der Waals surface area contributed by atoms with Crippen molar-refractivity contribution in [1.82, 2.24) is 55.1 Å². The molecule has 0 aliphatic heterocycles. The van der Waals surface area contributed by atoms with Crippen LogP contribution in [-0.2, 0) is 0 Å². The number of benzene rings is 1. The van der Waals surface area contributed by atoms with E-state index in [1.54, 1.807) is 49.8 Å². The standard InChI is InChI=1S/C9H12.3C8H11N.4C7H10N2/c1-8(2)9-6-4-3-5-7-9;1-7(2)8-3-5-9-6-4-8;1-7(2)8-4-3-5-9-6-8;1-7(2)8-5-3-4-6-9-8;1-6(2)7-3-8-5-9-4-7;1-6(2)7-5-8-3-4-9-7;1-6(2)7-3-4-8-5-9-7;1-6(2)7-4-3-5-8-9-7/h3-8H,1-2H3;3*3-7H,1-2H3;4*3-6H,1-2H3. The van der Waals surface area contributed by atoms with Gasteiger partial charge < -0.3 is 0 Å². The first kappa shape index (κ1) is 63.0. The van der Waals surface area contributed by atoms with Gasteiger partial charge >= 0.3 is 0 Å². The maximum Gasteiger partial charge on any atom is 0.115 e. The molecule has 7 aromatic heterocycles. The summed E-state index contributed by atoms with van der Waals surface area (Å²) in [6, 6.07) is 30.5. The van der Waals surface area contributed by atoms with Crippen molar-refractivity contribution in [3.05, 3.63) is 223 Å². The fraction of sp³-hybridized carbons (Fsp3) is 0.393. The van der Waals surface area contributed by atoms with Gasteiger partial charge in [0.1, 0.15) is 12.7 Å². The van der Waals surface area contributed by atoms with E-state index in [1.165, 1.54) is 22.3 Å². The van der Waals surface area contributed by atoms with Crippen LogP contribution in [0, 0.1) is 0 Å². The third kappa shape index (κ3) is 30.6. The van der Waals surface area contributed by atoms with Crippen LogP contribution < -0.4 is 0 Å². The topological polar surface area (TPSA) is 142 Å². The quantitative estimate of drug-likeness (QED) is 0.144. The molecular formula is C61H85N11. The maximum atomic E-state index is 4.18. The van der Waals surface area contributed by atoms with Crippen LogP contribution >= 0.6 is 0 Å². The molecule has 384 valence electrons. The average molecular weight is 972 g/mol. The lowest BCUT2D eigenvalue weighted by Gasteiger charge is -2.01. The molecule has 0 saturated heterocycles. The van der Waals surface area contributed by atoms with Crippen molar-refractivity contribution in [2.45, 2.75) is 158 Å². The summed E-state index contributed by atoms with van der Waals surface area (Å²) in [7, 11) is 0. The van der Waals surface area contributed by atoms with E-state index in [0.29, 0.717) is 47.3 Å². The molecule has 0 spiro atoms. The molecule has 0 N–H and O–H groups in total. The zero-order valence-corrected chi connectivity index (χ0v) is 46.3. The molecule has 11 heteroatoms. The number of nitrogens with zero attached hydrogens (tertiary/aromatic N) is 11. The number of pyridine rings is 3. The third-order valence-corrected chi connectivity index (χ3v) is 10.3. The lowest BCUT2D eigenvalue weighted by molar-refractivity contribution is 0.785. The predicted molar refractivity (Wildman–Crippen MR) is 300 cm³/mol. The minimum atomic E-state index is 0.485. The highest BCUT2D eigenvalue weighted by atomic mass is 15.1. The van der Waals surface area contributed by atoms with Crippen LogP contribution in [0.1, 0.15) is 203 Å². The van der Waals surface area contributed by atoms with E-state index in [9.17, 15) is 0 Å². The van der Waals surface area contributed by atoms with Gasteiger partial charge in [-0.2, -0.15) is 10.2 Å². The fourth-order valence-corrected chi connectivity index (χ4v) is 5.50. The molecule has 0 saturated carbocycles. The maximum absolute atomic E-state index is 4.18. The summed E-state index contributed by atoms with van der Waals surface area (Å²) in [5.74, 6) is 4.43. The summed E-state index contributed by atoms with van der Waals surface area (Å²) >= 11 is 0. The van der Waals surface area contributed by atoms with Gasteiger partial charge in [0.2, 0.25) is 0 Å². The van der Waals surface area contributed by atoms with Crippen molar-refractivity contribution < 1.29 is 0 Å². The Hall–Kier alpha value is -7.01. The molecule has 0 radical (unpaired) electrons. The highest BCUT2D eigenvalue weighted by Gasteiger charge is 2.00. The van der Waals surface area contributed by atoms with Gasteiger partial charge in [0, 0.05) is 85.7 Å². The van der Waals surface area contributed by atoms with E-state index in [1.807, 2.05) is 97.8 Å². The summed E-state index contributed by atoms with van der Waals surface area (Å²) in [6.45, 7) is 34.2. The molecule has 8 rings (SSSR count). The van der Waals surface area contributed by atoms with Crippen molar-refractivity contribution in [3.8, 4) is 0 Å². The summed E-state index contributed by atoms with van der Waals surface area (Å²) < 4.78 is 0. The normalized spacial score (nSPS) is 10.1. The van der Waals surface area contributed by atoms with Gasteiger partial charge in [0.25, 0.3) is 0 Å². The molecule has 0 fully saturated rings. The molecule has 0 atom stereocenters. The van der Waals surface area contributed by atoms with Gasteiger partial charge in [-0.1, -0.05) is 153 Å². The molecule has 8 aromatic rings. The van der Waals surface area contributed by atoms with Crippen LogP contribution in [-0.4, -0.2) is 55.1 Å². The highest BCUT2D eigenvalue weighted by molar-refractivity contribution is 5.18. The molecule has 1 aromatic carbocycles. The summed E-state index contributed by atoms with van der Waals surface area (Å²) in [4.78, 5) is 35.8. The highest BCUT2D eigenvalue weighted by Crippen LogP contribution is 2.14. The van der Waals surface area contributed by atoms with Crippen molar-refractivity contribution in [2.75, 3.05) is 0 Å². The first-order valence-electron chi connectivity index (χ1n) is 25.2. The summed E-state index contributed by atoms with van der Waals surface area (Å²) in [6.07, 6.45) is 24.7. The van der Waals surface area contributed by atoms with Crippen LogP contribution in [0.4, 0.5) is 0 Å². The van der Waals surface area contributed by atoms with Crippen molar-refractivity contribution in [2.24, 2.45) is 0 Å². The largest absolute Gasteiger partial charge is 0.265 e. The number of rotatable bonds is 8. The van der Waals surface area contributed by atoms with E-state index in [0.717, 1.165) is 22.8 Å². The van der Waals surface area contributed by atoms with Crippen LogP contribution in [0.2, 0.25) is 0 Å². The Labute approximate surface area is 434 Å². The fourth-order valence-electron chi connectivity index (χ4n) is 5.50. The first-order valence-corrected chi connectivity index (χ1v) is 25.2. The molecule has 0 aliphatic rings. The second-order valence-corrected chi connectivity index (χ2v) is 19.1. The van der Waals surface area contributed by atoms with Crippen LogP contribution in [0.3, 0.4) is 0 Å². The average Bonchev–Trinajstić information content (AvgIpc) is 3.42. The second kappa shape index (κ2) is 38.7.